The van der Waals surface area contributed by atoms with Crippen molar-refractivity contribution < 1.29 is 8.78 Å². The number of hydrogen-bond donors (Lipinski definition) is 0. The Hall–Kier alpha value is -0.440. The molecule has 0 atom stereocenters. The summed E-state index contributed by atoms with van der Waals surface area (Å²) in [6, 6.07) is 5.11. The Morgan fingerprint density at radius 3 is 2.43 bits per heavy atom. The predicted molar refractivity (Wildman–Crippen MR) is 58.2 cm³/mol. The molecular formula is C11H13BrF2. The van der Waals surface area contributed by atoms with Gasteiger partial charge >= 0.3 is 0 Å². The summed E-state index contributed by atoms with van der Waals surface area (Å²) in [6.45, 7) is 3.74. The summed E-state index contributed by atoms with van der Waals surface area (Å²) in [5, 5.41) is -0.327. The normalized spacial score (nSPS) is 11.8. The molecule has 0 N–H and O–H groups in total. The van der Waals surface area contributed by atoms with Crippen LogP contribution in [-0.4, -0.2) is 5.33 Å². The van der Waals surface area contributed by atoms with Crippen LogP contribution in [0.1, 0.15) is 23.6 Å². The second-order valence-electron chi connectivity index (χ2n) is 3.34. The summed E-state index contributed by atoms with van der Waals surface area (Å²) < 4.78 is 26.7. The van der Waals surface area contributed by atoms with Gasteiger partial charge in [-0.1, -0.05) is 41.1 Å². The molecule has 0 bridgehead atoms. The molecule has 1 aromatic rings. The first kappa shape index (κ1) is 11.6. The van der Waals surface area contributed by atoms with Crippen LogP contribution in [0.4, 0.5) is 8.78 Å². The van der Waals surface area contributed by atoms with E-state index in [-0.39, 0.29) is 10.9 Å². The van der Waals surface area contributed by atoms with Gasteiger partial charge in [-0.05, 0) is 24.5 Å². The van der Waals surface area contributed by atoms with Gasteiger partial charge in [-0.3, -0.25) is 0 Å². The highest BCUT2D eigenvalue weighted by Gasteiger charge is 2.31. The first-order chi connectivity index (χ1) is 6.51. The van der Waals surface area contributed by atoms with Gasteiger partial charge in [0.2, 0.25) is 0 Å². The van der Waals surface area contributed by atoms with Gasteiger partial charge < -0.3 is 0 Å². The minimum atomic E-state index is -2.77. The van der Waals surface area contributed by atoms with E-state index in [0.29, 0.717) is 5.56 Å². The quantitative estimate of drug-likeness (QED) is 0.722. The maximum atomic E-state index is 13.3. The lowest BCUT2D eigenvalue weighted by Crippen LogP contribution is -2.16. The average molecular weight is 263 g/mol. The van der Waals surface area contributed by atoms with Crippen molar-refractivity contribution in [2.24, 2.45) is 0 Å². The van der Waals surface area contributed by atoms with Gasteiger partial charge in [0.05, 0.1) is 5.33 Å². The van der Waals surface area contributed by atoms with Crippen molar-refractivity contribution in [3.8, 4) is 0 Å². The molecule has 14 heavy (non-hydrogen) atoms. The highest BCUT2D eigenvalue weighted by atomic mass is 79.9. The van der Waals surface area contributed by atoms with Crippen LogP contribution < -0.4 is 0 Å². The number of aryl methyl sites for hydroxylation is 2. The van der Waals surface area contributed by atoms with E-state index < -0.39 is 5.92 Å². The zero-order valence-electron chi connectivity index (χ0n) is 8.28. The smallest absolute Gasteiger partial charge is 0.200 e. The van der Waals surface area contributed by atoms with Gasteiger partial charge in [-0.2, -0.15) is 0 Å². The van der Waals surface area contributed by atoms with Gasteiger partial charge in [0, 0.05) is 5.56 Å². The summed E-state index contributed by atoms with van der Waals surface area (Å²) >= 11 is 2.83. The van der Waals surface area contributed by atoms with E-state index in [2.05, 4.69) is 15.9 Å². The summed E-state index contributed by atoms with van der Waals surface area (Å²) in [5.74, 6) is -2.77. The number of hydrogen-bond acceptors (Lipinski definition) is 0. The first-order valence-corrected chi connectivity index (χ1v) is 5.67. The molecule has 0 aliphatic rings. The van der Waals surface area contributed by atoms with Crippen LogP contribution >= 0.6 is 15.9 Å². The summed E-state index contributed by atoms with van der Waals surface area (Å²) in [7, 11) is 0. The Balaban J connectivity index is 3.12. The van der Waals surface area contributed by atoms with Crippen LogP contribution in [0, 0.1) is 6.92 Å². The van der Waals surface area contributed by atoms with E-state index in [1.54, 1.807) is 13.0 Å². The van der Waals surface area contributed by atoms with Crippen LogP contribution in [0.5, 0.6) is 0 Å². The molecule has 0 nitrogen and oxygen atoms in total. The number of alkyl halides is 3. The van der Waals surface area contributed by atoms with Crippen molar-refractivity contribution in [1.29, 1.82) is 0 Å². The largest absolute Gasteiger partial charge is 0.283 e. The molecule has 0 heterocycles. The molecule has 0 aromatic heterocycles. The van der Waals surface area contributed by atoms with Crippen molar-refractivity contribution in [3.05, 3.63) is 34.9 Å². The SMILES string of the molecule is CCc1ccc(C(F)(F)CBr)c(C)c1. The third-order valence-corrected chi connectivity index (χ3v) is 2.97. The van der Waals surface area contributed by atoms with E-state index in [1.807, 2.05) is 13.0 Å². The molecule has 3 heteroatoms. The van der Waals surface area contributed by atoms with Gasteiger partial charge in [0.1, 0.15) is 0 Å². The maximum absolute atomic E-state index is 13.3. The Bertz CT molecular complexity index is 321. The lowest BCUT2D eigenvalue weighted by Gasteiger charge is -2.16. The second kappa shape index (κ2) is 4.39. The summed E-state index contributed by atoms with van der Waals surface area (Å²) in [6.07, 6.45) is 0.876. The zero-order chi connectivity index (χ0) is 10.8. The van der Waals surface area contributed by atoms with Gasteiger partial charge in [0.25, 0.3) is 5.92 Å². The van der Waals surface area contributed by atoms with Crippen LogP contribution in [0.15, 0.2) is 18.2 Å². The molecule has 1 rings (SSSR count). The zero-order valence-corrected chi connectivity index (χ0v) is 9.87. The molecule has 0 unspecified atom stereocenters. The first-order valence-electron chi connectivity index (χ1n) is 4.55. The van der Waals surface area contributed by atoms with E-state index in [0.717, 1.165) is 12.0 Å². The fourth-order valence-electron chi connectivity index (χ4n) is 1.43. The highest BCUT2D eigenvalue weighted by Crippen LogP contribution is 2.32. The number of benzene rings is 1. The van der Waals surface area contributed by atoms with E-state index in [1.165, 1.54) is 6.07 Å². The Kier molecular flexibility index (Phi) is 3.65. The third kappa shape index (κ3) is 2.32. The van der Waals surface area contributed by atoms with Crippen molar-refractivity contribution >= 4 is 15.9 Å². The highest BCUT2D eigenvalue weighted by molar-refractivity contribution is 9.09. The van der Waals surface area contributed by atoms with Crippen molar-refractivity contribution in [2.75, 3.05) is 5.33 Å². The molecule has 0 aliphatic heterocycles. The van der Waals surface area contributed by atoms with E-state index in [4.69, 9.17) is 0 Å². The minimum absolute atomic E-state index is 0.117. The second-order valence-corrected chi connectivity index (χ2v) is 3.90. The number of rotatable bonds is 3. The van der Waals surface area contributed by atoms with Crippen molar-refractivity contribution in [1.82, 2.24) is 0 Å². The third-order valence-electron chi connectivity index (χ3n) is 2.26. The molecule has 0 fully saturated rings. The Labute approximate surface area is 91.5 Å². The molecule has 78 valence electrons. The molecule has 0 spiro atoms. The Morgan fingerprint density at radius 1 is 1.36 bits per heavy atom. The fourth-order valence-corrected chi connectivity index (χ4v) is 1.73. The fraction of sp³-hybridized carbons (Fsp3) is 0.455. The standard InChI is InChI=1S/C11H13BrF2/c1-3-9-4-5-10(8(2)6-9)11(13,14)7-12/h4-6H,3,7H2,1-2H3. The molecule has 0 aliphatic carbocycles. The molecular weight excluding hydrogens is 250 g/mol. The monoisotopic (exact) mass is 262 g/mol. The van der Waals surface area contributed by atoms with E-state index >= 15 is 0 Å². The van der Waals surface area contributed by atoms with Crippen LogP contribution in [-0.2, 0) is 12.3 Å². The average Bonchev–Trinajstić information content (AvgIpc) is 2.17. The lowest BCUT2D eigenvalue weighted by molar-refractivity contribution is 0.0239. The molecule has 0 radical (unpaired) electrons. The van der Waals surface area contributed by atoms with Crippen LogP contribution in [0.3, 0.4) is 0 Å². The van der Waals surface area contributed by atoms with Gasteiger partial charge in [-0.25, -0.2) is 8.78 Å². The minimum Gasteiger partial charge on any atom is -0.200 e. The number of halogens is 3. The van der Waals surface area contributed by atoms with Crippen molar-refractivity contribution in [2.45, 2.75) is 26.2 Å². The lowest BCUT2D eigenvalue weighted by atomic mass is 10.00. The molecule has 0 amide bonds. The summed E-state index contributed by atoms with van der Waals surface area (Å²) in [5.41, 5.74) is 1.87. The Morgan fingerprint density at radius 2 is 2.00 bits per heavy atom. The topological polar surface area (TPSA) is 0 Å². The molecule has 0 saturated heterocycles. The van der Waals surface area contributed by atoms with Gasteiger partial charge in [0.15, 0.2) is 0 Å². The van der Waals surface area contributed by atoms with Crippen LogP contribution in [0.2, 0.25) is 0 Å². The molecule has 0 saturated carbocycles. The predicted octanol–water partition coefficient (Wildman–Crippen LogP) is 4.04. The summed E-state index contributed by atoms with van der Waals surface area (Å²) in [4.78, 5) is 0. The molecule has 1 aromatic carbocycles. The van der Waals surface area contributed by atoms with E-state index in [9.17, 15) is 8.78 Å². The van der Waals surface area contributed by atoms with Crippen LogP contribution in [0.25, 0.3) is 0 Å². The van der Waals surface area contributed by atoms with Gasteiger partial charge in [-0.15, -0.1) is 0 Å². The van der Waals surface area contributed by atoms with Crippen molar-refractivity contribution in [3.63, 3.8) is 0 Å². The maximum Gasteiger partial charge on any atom is 0.283 e.